The van der Waals surface area contributed by atoms with Gasteiger partial charge in [-0.15, -0.1) is 0 Å². The van der Waals surface area contributed by atoms with Crippen molar-refractivity contribution in [1.29, 1.82) is 0 Å². The van der Waals surface area contributed by atoms with Crippen LogP contribution >= 0.6 is 0 Å². The van der Waals surface area contributed by atoms with E-state index in [1.807, 2.05) is 6.08 Å². The fourth-order valence-corrected chi connectivity index (χ4v) is 5.88. The van der Waals surface area contributed by atoms with Crippen LogP contribution in [0.25, 0.3) is 0 Å². The van der Waals surface area contributed by atoms with Crippen LogP contribution in [0.5, 0.6) is 0 Å². The van der Waals surface area contributed by atoms with Gasteiger partial charge in [0.15, 0.2) is 0 Å². The van der Waals surface area contributed by atoms with E-state index in [1.54, 1.807) is 6.20 Å². The third-order valence-corrected chi connectivity index (χ3v) is 7.44. The van der Waals surface area contributed by atoms with E-state index in [9.17, 15) is 21.6 Å². The van der Waals surface area contributed by atoms with E-state index in [4.69, 9.17) is 0 Å². The highest BCUT2D eigenvalue weighted by Crippen LogP contribution is 2.53. The largest absolute Gasteiger partial charge is 0.416 e. The van der Waals surface area contributed by atoms with Crippen LogP contribution < -0.4 is 0 Å². The second-order valence-electron chi connectivity index (χ2n) is 7.26. The zero-order valence-corrected chi connectivity index (χ0v) is 14.9. The van der Waals surface area contributed by atoms with Crippen molar-refractivity contribution in [2.24, 2.45) is 5.92 Å². The molecule has 0 saturated heterocycles. The summed E-state index contributed by atoms with van der Waals surface area (Å²) in [4.78, 5) is -0.122. The SMILES string of the molecule is O=S(=O)(c1ccc(C(F)(F)F)cc1)N1C2C=C(C3CC3)C1c1c[nH]nc1C2. The summed E-state index contributed by atoms with van der Waals surface area (Å²) < 4.78 is 66.5. The Morgan fingerprint density at radius 3 is 2.48 bits per heavy atom. The highest BCUT2D eigenvalue weighted by Gasteiger charge is 2.51. The quantitative estimate of drug-likeness (QED) is 0.810. The molecule has 5 nitrogen and oxygen atoms in total. The summed E-state index contributed by atoms with van der Waals surface area (Å²) in [5.74, 6) is 0.381. The van der Waals surface area contributed by atoms with Crippen molar-refractivity contribution >= 4 is 10.0 Å². The average Bonchev–Trinajstić information content (AvgIpc) is 3.27. The van der Waals surface area contributed by atoms with Crippen molar-refractivity contribution < 1.29 is 21.6 Å². The Kier molecular flexibility index (Phi) is 3.43. The maximum Gasteiger partial charge on any atom is 0.416 e. The number of rotatable bonds is 3. The predicted octanol–water partition coefficient (Wildman–Crippen LogP) is 3.44. The Hall–Kier alpha value is -2.13. The molecule has 27 heavy (non-hydrogen) atoms. The van der Waals surface area contributed by atoms with Crippen LogP contribution in [0.4, 0.5) is 13.2 Å². The number of aromatic nitrogens is 2. The molecule has 0 amide bonds. The molecule has 1 N–H and O–H groups in total. The van der Waals surface area contributed by atoms with Crippen LogP contribution in [0.1, 0.15) is 35.7 Å². The number of hydrogen-bond donors (Lipinski definition) is 1. The Morgan fingerprint density at radius 2 is 1.85 bits per heavy atom. The van der Waals surface area contributed by atoms with E-state index >= 15 is 0 Å². The molecule has 1 aromatic carbocycles. The van der Waals surface area contributed by atoms with Gasteiger partial charge >= 0.3 is 6.18 Å². The van der Waals surface area contributed by atoms with Gasteiger partial charge in [0.2, 0.25) is 10.0 Å². The van der Waals surface area contributed by atoms with E-state index in [-0.39, 0.29) is 10.9 Å². The number of fused-ring (bicyclic) bond motifs is 4. The van der Waals surface area contributed by atoms with Crippen molar-refractivity contribution in [1.82, 2.24) is 14.5 Å². The second kappa shape index (κ2) is 5.45. The molecule has 2 atom stereocenters. The van der Waals surface area contributed by atoms with E-state index in [1.165, 1.54) is 4.31 Å². The average molecular weight is 395 g/mol. The van der Waals surface area contributed by atoms with Crippen LogP contribution in [-0.2, 0) is 22.6 Å². The molecular weight excluding hydrogens is 379 g/mol. The molecule has 2 unspecified atom stereocenters. The lowest BCUT2D eigenvalue weighted by Crippen LogP contribution is -2.42. The molecule has 1 aromatic heterocycles. The first kappa shape index (κ1) is 17.0. The number of alkyl halides is 3. The van der Waals surface area contributed by atoms with Gasteiger partial charge in [-0.3, -0.25) is 5.10 Å². The smallest absolute Gasteiger partial charge is 0.285 e. The summed E-state index contributed by atoms with van der Waals surface area (Å²) in [7, 11) is -3.95. The van der Waals surface area contributed by atoms with Gasteiger partial charge in [0.05, 0.1) is 28.2 Å². The van der Waals surface area contributed by atoms with Gasteiger partial charge in [0.1, 0.15) is 0 Å². The van der Waals surface area contributed by atoms with Crippen molar-refractivity contribution in [2.75, 3.05) is 0 Å². The molecule has 3 heterocycles. The minimum absolute atomic E-state index is 0.122. The monoisotopic (exact) mass is 395 g/mol. The summed E-state index contributed by atoms with van der Waals surface area (Å²) >= 11 is 0. The predicted molar refractivity (Wildman–Crippen MR) is 90.1 cm³/mol. The molecule has 0 spiro atoms. The Bertz CT molecular complexity index is 1040. The lowest BCUT2D eigenvalue weighted by molar-refractivity contribution is -0.137. The third-order valence-electron chi connectivity index (χ3n) is 5.54. The number of nitrogens with zero attached hydrogens (tertiary/aromatic N) is 2. The zero-order valence-electron chi connectivity index (χ0n) is 14.1. The van der Waals surface area contributed by atoms with E-state index in [2.05, 4.69) is 10.2 Å². The highest BCUT2D eigenvalue weighted by atomic mass is 32.2. The molecule has 2 aliphatic heterocycles. The summed E-state index contributed by atoms with van der Waals surface area (Å²) in [5, 5.41) is 7.05. The molecule has 0 radical (unpaired) electrons. The molecule has 2 bridgehead atoms. The molecule has 142 valence electrons. The Labute approximate surface area is 153 Å². The van der Waals surface area contributed by atoms with Crippen LogP contribution in [-0.4, -0.2) is 29.0 Å². The van der Waals surface area contributed by atoms with Crippen molar-refractivity contribution in [3.63, 3.8) is 0 Å². The van der Waals surface area contributed by atoms with Crippen molar-refractivity contribution in [3.8, 4) is 0 Å². The molecular formula is C18H16F3N3O2S. The Balaban J connectivity index is 1.56. The fraction of sp³-hybridized carbons (Fsp3) is 0.389. The van der Waals surface area contributed by atoms with Gasteiger partial charge in [0, 0.05) is 18.2 Å². The number of aromatic amines is 1. The first-order chi connectivity index (χ1) is 12.8. The number of benzene rings is 1. The fourth-order valence-electron chi connectivity index (χ4n) is 4.15. The lowest BCUT2D eigenvalue weighted by Gasteiger charge is -2.34. The number of nitrogens with one attached hydrogen (secondary N) is 1. The van der Waals surface area contributed by atoms with E-state index in [0.29, 0.717) is 12.3 Å². The van der Waals surface area contributed by atoms with Gasteiger partial charge in [-0.05, 0) is 48.6 Å². The summed E-state index contributed by atoms with van der Waals surface area (Å²) in [6, 6.07) is 2.94. The van der Waals surface area contributed by atoms with Crippen LogP contribution in [0.2, 0.25) is 0 Å². The van der Waals surface area contributed by atoms with E-state index < -0.39 is 27.8 Å². The number of H-pyrrole nitrogens is 1. The zero-order chi connectivity index (χ0) is 19.0. The van der Waals surface area contributed by atoms with Gasteiger partial charge in [0.25, 0.3) is 0 Å². The Morgan fingerprint density at radius 1 is 1.15 bits per heavy atom. The third kappa shape index (κ3) is 2.55. The summed E-state index contributed by atoms with van der Waals surface area (Å²) in [6.45, 7) is 0. The number of sulfonamides is 1. The first-order valence-electron chi connectivity index (χ1n) is 8.72. The topological polar surface area (TPSA) is 66.1 Å². The van der Waals surface area contributed by atoms with Crippen molar-refractivity contribution in [3.05, 3.63) is 58.9 Å². The molecule has 2 aromatic rings. The summed E-state index contributed by atoms with van der Waals surface area (Å²) in [6.07, 6.45) is 1.79. The molecule has 1 aliphatic carbocycles. The standard InChI is InChI=1S/C18H16F3N3O2S/c19-18(20,21)11-3-5-13(6-4-11)27(25,26)24-12-7-14(10-1-2-10)17(24)15-9-22-23-16(15)8-12/h3-7,9-10,12,17H,1-2,8H2,(H,22,23). The number of hydrogen-bond acceptors (Lipinski definition) is 3. The maximum atomic E-state index is 13.3. The maximum absolute atomic E-state index is 13.3. The minimum Gasteiger partial charge on any atom is -0.285 e. The lowest BCUT2D eigenvalue weighted by atomic mass is 9.97. The van der Waals surface area contributed by atoms with Gasteiger partial charge in [-0.1, -0.05) is 6.08 Å². The molecule has 5 rings (SSSR count). The van der Waals surface area contributed by atoms with Crippen LogP contribution in [0.15, 0.2) is 47.0 Å². The van der Waals surface area contributed by atoms with Crippen molar-refractivity contribution in [2.45, 2.75) is 42.4 Å². The highest BCUT2D eigenvalue weighted by molar-refractivity contribution is 7.89. The second-order valence-corrected chi connectivity index (χ2v) is 9.10. The molecule has 1 fully saturated rings. The van der Waals surface area contributed by atoms with Gasteiger partial charge < -0.3 is 0 Å². The molecule has 1 saturated carbocycles. The van der Waals surface area contributed by atoms with Gasteiger partial charge in [-0.25, -0.2) is 8.42 Å². The molecule has 9 heteroatoms. The summed E-state index contributed by atoms with van der Waals surface area (Å²) in [5.41, 5.74) is 1.93. The molecule has 3 aliphatic rings. The van der Waals surface area contributed by atoms with Gasteiger partial charge in [-0.2, -0.15) is 22.6 Å². The minimum atomic E-state index is -4.50. The normalized spacial score (nSPS) is 25.4. The van der Waals surface area contributed by atoms with Crippen LogP contribution in [0, 0.1) is 5.92 Å². The van der Waals surface area contributed by atoms with E-state index in [0.717, 1.165) is 53.9 Å². The number of halogens is 3. The first-order valence-corrected chi connectivity index (χ1v) is 10.2. The van der Waals surface area contributed by atoms with Crippen LogP contribution in [0.3, 0.4) is 0 Å².